The molecule has 1 aromatic rings. The first-order valence-electron chi connectivity index (χ1n) is 6.53. The molecule has 4 heteroatoms. The molecule has 0 fully saturated rings. The Morgan fingerprint density at radius 1 is 1.37 bits per heavy atom. The number of hydrogen-bond acceptors (Lipinski definition) is 3. The van der Waals surface area contributed by atoms with Crippen LogP contribution in [-0.2, 0) is 4.79 Å². The number of carbonyl (C=O) groups excluding carboxylic acids is 1. The molecule has 0 saturated carbocycles. The predicted octanol–water partition coefficient (Wildman–Crippen LogP) is 2.23. The summed E-state index contributed by atoms with van der Waals surface area (Å²) in [5, 5.41) is 8.63. The highest BCUT2D eigenvalue weighted by atomic mass is 16.2. The molecule has 0 heterocycles. The molecule has 1 unspecified atom stereocenters. The molecule has 1 aromatic carbocycles. The van der Waals surface area contributed by atoms with Gasteiger partial charge in [0.05, 0.1) is 12.5 Å². The van der Waals surface area contributed by atoms with E-state index in [-0.39, 0.29) is 24.4 Å². The van der Waals surface area contributed by atoms with Gasteiger partial charge in [-0.05, 0) is 19.4 Å². The van der Waals surface area contributed by atoms with Crippen molar-refractivity contribution in [3.8, 4) is 6.07 Å². The van der Waals surface area contributed by atoms with Gasteiger partial charge in [0.25, 0.3) is 0 Å². The Bertz CT molecular complexity index is 436. The maximum absolute atomic E-state index is 12.2. The molecule has 19 heavy (non-hydrogen) atoms. The summed E-state index contributed by atoms with van der Waals surface area (Å²) in [6.45, 7) is 4.36. The first kappa shape index (κ1) is 15.2. The molecular formula is C15H21N3O. The van der Waals surface area contributed by atoms with Crippen LogP contribution in [0.1, 0.15) is 38.3 Å². The number of nitriles is 1. The lowest BCUT2D eigenvalue weighted by molar-refractivity contribution is -0.133. The minimum absolute atomic E-state index is 0.00148. The molecule has 1 rings (SSSR count). The van der Waals surface area contributed by atoms with Crippen LogP contribution in [0.4, 0.5) is 0 Å². The van der Waals surface area contributed by atoms with E-state index >= 15 is 0 Å². The van der Waals surface area contributed by atoms with Crippen LogP contribution in [0.5, 0.6) is 0 Å². The number of carbonyl (C=O) groups is 1. The van der Waals surface area contributed by atoms with Crippen molar-refractivity contribution in [2.45, 2.75) is 38.8 Å². The maximum Gasteiger partial charge on any atom is 0.224 e. The Hall–Kier alpha value is -1.86. The molecule has 0 aliphatic heterocycles. The van der Waals surface area contributed by atoms with Gasteiger partial charge < -0.3 is 10.6 Å². The van der Waals surface area contributed by atoms with E-state index < -0.39 is 0 Å². The van der Waals surface area contributed by atoms with E-state index in [2.05, 4.69) is 6.07 Å². The van der Waals surface area contributed by atoms with Crippen LogP contribution in [-0.4, -0.2) is 23.4 Å². The third-order valence-corrected chi connectivity index (χ3v) is 3.03. The second kappa shape index (κ2) is 7.55. The van der Waals surface area contributed by atoms with E-state index in [1.54, 1.807) is 4.90 Å². The molecule has 4 nitrogen and oxygen atoms in total. The smallest absolute Gasteiger partial charge is 0.224 e. The Labute approximate surface area is 114 Å². The second-order valence-corrected chi connectivity index (χ2v) is 4.81. The minimum Gasteiger partial charge on any atom is -0.339 e. The zero-order chi connectivity index (χ0) is 14.3. The molecule has 1 amide bonds. The van der Waals surface area contributed by atoms with Gasteiger partial charge in [0.15, 0.2) is 0 Å². The molecule has 0 aromatic heterocycles. The molecule has 0 spiro atoms. The highest BCUT2D eigenvalue weighted by molar-refractivity contribution is 5.77. The van der Waals surface area contributed by atoms with Crippen LogP contribution in [0, 0.1) is 11.3 Å². The predicted molar refractivity (Wildman–Crippen MR) is 75.1 cm³/mol. The van der Waals surface area contributed by atoms with Crippen molar-refractivity contribution in [3.63, 3.8) is 0 Å². The van der Waals surface area contributed by atoms with Gasteiger partial charge in [-0.2, -0.15) is 5.26 Å². The van der Waals surface area contributed by atoms with Gasteiger partial charge in [-0.25, -0.2) is 0 Å². The highest BCUT2D eigenvalue weighted by Crippen LogP contribution is 2.15. The van der Waals surface area contributed by atoms with Crippen LogP contribution in [0.3, 0.4) is 0 Å². The van der Waals surface area contributed by atoms with Gasteiger partial charge in [0.1, 0.15) is 0 Å². The van der Waals surface area contributed by atoms with E-state index in [0.717, 1.165) is 5.56 Å². The molecule has 0 aliphatic rings. The molecular weight excluding hydrogens is 238 g/mol. The molecule has 0 saturated heterocycles. The Morgan fingerprint density at radius 2 is 2.00 bits per heavy atom. The van der Waals surface area contributed by atoms with Crippen molar-refractivity contribution in [2.24, 2.45) is 5.73 Å². The molecule has 0 aliphatic carbocycles. The van der Waals surface area contributed by atoms with Crippen molar-refractivity contribution in [1.82, 2.24) is 4.90 Å². The topological polar surface area (TPSA) is 70.1 Å². The summed E-state index contributed by atoms with van der Waals surface area (Å²) in [7, 11) is 0. The standard InChI is InChI=1S/C15H21N3O/c1-12(2)18(10-6-9-16)15(19)11-14(17)13-7-4-3-5-8-13/h3-5,7-8,12,14H,6,10-11,17H2,1-2H3. The fraction of sp³-hybridized carbons (Fsp3) is 0.467. The Morgan fingerprint density at radius 3 is 2.53 bits per heavy atom. The SMILES string of the molecule is CC(C)N(CCC#N)C(=O)CC(N)c1ccccc1. The van der Waals surface area contributed by atoms with Crippen molar-refractivity contribution >= 4 is 5.91 Å². The third kappa shape index (κ3) is 4.72. The average molecular weight is 259 g/mol. The highest BCUT2D eigenvalue weighted by Gasteiger charge is 2.19. The van der Waals surface area contributed by atoms with Gasteiger partial charge in [-0.15, -0.1) is 0 Å². The number of amides is 1. The number of nitrogens with zero attached hydrogens (tertiary/aromatic N) is 2. The number of benzene rings is 1. The van der Waals surface area contributed by atoms with Crippen LogP contribution >= 0.6 is 0 Å². The molecule has 1 atom stereocenters. The van der Waals surface area contributed by atoms with Gasteiger partial charge in [0.2, 0.25) is 5.91 Å². The normalized spacial score (nSPS) is 11.9. The molecule has 2 N–H and O–H groups in total. The Balaban J connectivity index is 2.64. The summed E-state index contributed by atoms with van der Waals surface area (Å²) in [6, 6.07) is 11.5. The quantitative estimate of drug-likeness (QED) is 0.851. The van der Waals surface area contributed by atoms with Crippen LogP contribution in [0.25, 0.3) is 0 Å². The maximum atomic E-state index is 12.2. The van der Waals surface area contributed by atoms with Crippen molar-refractivity contribution in [3.05, 3.63) is 35.9 Å². The van der Waals surface area contributed by atoms with Crippen LogP contribution in [0.2, 0.25) is 0 Å². The zero-order valence-electron chi connectivity index (χ0n) is 11.5. The third-order valence-electron chi connectivity index (χ3n) is 3.03. The molecule has 0 bridgehead atoms. The van der Waals surface area contributed by atoms with Crippen molar-refractivity contribution in [1.29, 1.82) is 5.26 Å². The number of hydrogen-bond donors (Lipinski definition) is 1. The van der Waals surface area contributed by atoms with Gasteiger partial charge in [-0.3, -0.25) is 4.79 Å². The fourth-order valence-corrected chi connectivity index (χ4v) is 1.96. The lowest BCUT2D eigenvalue weighted by atomic mass is 10.0. The monoisotopic (exact) mass is 259 g/mol. The summed E-state index contributed by atoms with van der Waals surface area (Å²) in [6.07, 6.45) is 0.623. The first-order chi connectivity index (χ1) is 9.06. The summed E-state index contributed by atoms with van der Waals surface area (Å²) >= 11 is 0. The van der Waals surface area contributed by atoms with Crippen LogP contribution in [0.15, 0.2) is 30.3 Å². The Kier molecular flexibility index (Phi) is 6.04. The largest absolute Gasteiger partial charge is 0.339 e. The van der Waals surface area contributed by atoms with Crippen molar-refractivity contribution in [2.75, 3.05) is 6.54 Å². The number of rotatable bonds is 6. The van der Waals surface area contributed by atoms with Gasteiger partial charge in [-0.1, -0.05) is 30.3 Å². The van der Waals surface area contributed by atoms with Crippen molar-refractivity contribution < 1.29 is 4.79 Å². The lowest BCUT2D eigenvalue weighted by Gasteiger charge is -2.27. The fourth-order valence-electron chi connectivity index (χ4n) is 1.96. The zero-order valence-corrected chi connectivity index (χ0v) is 11.5. The summed E-state index contributed by atoms with van der Waals surface area (Å²) in [5.41, 5.74) is 7.01. The minimum atomic E-state index is -0.294. The summed E-state index contributed by atoms with van der Waals surface area (Å²) < 4.78 is 0. The van der Waals surface area contributed by atoms with E-state index in [1.807, 2.05) is 44.2 Å². The summed E-state index contributed by atoms with van der Waals surface area (Å²) in [4.78, 5) is 13.9. The number of nitrogens with two attached hydrogens (primary N) is 1. The van der Waals surface area contributed by atoms with Crippen LogP contribution < -0.4 is 5.73 Å². The van der Waals surface area contributed by atoms with E-state index in [9.17, 15) is 4.79 Å². The first-order valence-corrected chi connectivity index (χ1v) is 6.53. The average Bonchev–Trinajstić information content (AvgIpc) is 2.39. The van der Waals surface area contributed by atoms with E-state index in [1.165, 1.54) is 0 Å². The van der Waals surface area contributed by atoms with E-state index in [0.29, 0.717) is 13.0 Å². The second-order valence-electron chi connectivity index (χ2n) is 4.81. The van der Waals surface area contributed by atoms with Gasteiger partial charge >= 0.3 is 0 Å². The lowest BCUT2D eigenvalue weighted by Crippen LogP contribution is -2.39. The molecule has 0 radical (unpaired) electrons. The van der Waals surface area contributed by atoms with E-state index in [4.69, 9.17) is 11.0 Å². The summed E-state index contributed by atoms with van der Waals surface area (Å²) in [5.74, 6) is 0.00148. The van der Waals surface area contributed by atoms with Gasteiger partial charge in [0, 0.05) is 25.0 Å². The molecule has 102 valence electrons.